The average Bonchev–Trinajstić information content (AvgIpc) is 2.43. The van der Waals surface area contributed by atoms with Crippen LogP contribution in [0.4, 0.5) is 0 Å². The molecule has 4 fully saturated rings. The molecule has 122 valence electrons. The van der Waals surface area contributed by atoms with E-state index in [1.807, 2.05) is 12.1 Å². The number of hydrogen-bond donors (Lipinski definition) is 2. The fourth-order valence-electron chi connectivity index (χ4n) is 5.62. The molecule has 0 heterocycles. The molecule has 4 aliphatic rings. The SMILES string of the molecule is COc1ccc(C[NH2+]C23CC4CC(CC(O)(C4)C2)C3)cc1.[Cl-]. The predicted octanol–water partition coefficient (Wildman–Crippen LogP) is -1.15. The summed E-state index contributed by atoms with van der Waals surface area (Å²) >= 11 is 0. The van der Waals surface area contributed by atoms with E-state index in [-0.39, 0.29) is 18.0 Å². The summed E-state index contributed by atoms with van der Waals surface area (Å²) in [6.45, 7) is 1.01. The molecule has 1 aromatic carbocycles. The molecule has 3 nitrogen and oxygen atoms in total. The number of ether oxygens (including phenoxy) is 1. The van der Waals surface area contributed by atoms with Crippen LogP contribution >= 0.6 is 0 Å². The van der Waals surface area contributed by atoms with Crippen molar-refractivity contribution < 1.29 is 27.6 Å². The molecule has 0 aliphatic heterocycles. The highest BCUT2D eigenvalue weighted by Gasteiger charge is 2.59. The molecule has 2 atom stereocenters. The summed E-state index contributed by atoms with van der Waals surface area (Å²) in [6, 6.07) is 8.39. The minimum atomic E-state index is -0.347. The van der Waals surface area contributed by atoms with Crippen LogP contribution in [0.25, 0.3) is 0 Å². The van der Waals surface area contributed by atoms with E-state index in [1.54, 1.807) is 7.11 Å². The average molecular weight is 324 g/mol. The molecule has 4 bridgehead atoms. The van der Waals surface area contributed by atoms with E-state index in [9.17, 15) is 5.11 Å². The number of benzene rings is 1. The second kappa shape index (κ2) is 5.70. The third-order valence-electron chi connectivity index (χ3n) is 6.01. The summed E-state index contributed by atoms with van der Waals surface area (Å²) in [4.78, 5) is 0. The van der Waals surface area contributed by atoms with Gasteiger partial charge in [0.1, 0.15) is 12.3 Å². The second-order valence-electron chi connectivity index (χ2n) is 7.80. The van der Waals surface area contributed by atoms with E-state index in [0.717, 1.165) is 43.4 Å². The van der Waals surface area contributed by atoms with Crippen molar-refractivity contribution in [2.45, 2.75) is 56.2 Å². The Balaban J connectivity index is 0.00000144. The molecule has 0 saturated heterocycles. The van der Waals surface area contributed by atoms with Gasteiger partial charge in [0.15, 0.2) is 0 Å². The van der Waals surface area contributed by atoms with Gasteiger partial charge in [-0.25, -0.2) is 0 Å². The van der Waals surface area contributed by atoms with Gasteiger partial charge in [0, 0.05) is 24.8 Å². The maximum Gasteiger partial charge on any atom is 0.118 e. The lowest BCUT2D eigenvalue weighted by Gasteiger charge is -2.58. The van der Waals surface area contributed by atoms with Crippen molar-refractivity contribution in [2.24, 2.45) is 11.8 Å². The number of hydrogen-bond acceptors (Lipinski definition) is 2. The van der Waals surface area contributed by atoms with Crippen LogP contribution in [-0.4, -0.2) is 23.4 Å². The number of methoxy groups -OCH3 is 1. The summed E-state index contributed by atoms with van der Waals surface area (Å²) in [5.41, 5.74) is 1.30. The van der Waals surface area contributed by atoms with Crippen molar-refractivity contribution in [3.8, 4) is 5.75 Å². The molecule has 0 radical (unpaired) electrons. The highest BCUT2D eigenvalue weighted by Crippen LogP contribution is 2.56. The van der Waals surface area contributed by atoms with Crippen LogP contribution < -0.4 is 22.5 Å². The third kappa shape index (κ3) is 2.86. The Bertz CT molecular complexity index is 516. The standard InChI is InChI=1S/C18H25NO2.ClH/c1-21-16-4-2-13(3-5-16)11-19-17-7-14-6-15(8-17)10-18(20,9-14)12-17;/h2-5,14-15,19-20H,6-12H2,1H3;1H. The van der Waals surface area contributed by atoms with Gasteiger partial charge in [0.05, 0.1) is 18.2 Å². The number of nitrogens with two attached hydrogens (primary N) is 1. The molecule has 2 unspecified atom stereocenters. The number of quaternary nitrogens is 1. The molecule has 3 N–H and O–H groups in total. The van der Waals surface area contributed by atoms with E-state index in [1.165, 1.54) is 24.8 Å². The van der Waals surface area contributed by atoms with Crippen molar-refractivity contribution in [1.82, 2.24) is 0 Å². The summed E-state index contributed by atoms with van der Waals surface area (Å²) in [5, 5.41) is 13.3. The van der Waals surface area contributed by atoms with E-state index < -0.39 is 0 Å². The fraction of sp³-hybridized carbons (Fsp3) is 0.667. The van der Waals surface area contributed by atoms with Crippen LogP contribution in [-0.2, 0) is 6.54 Å². The first-order chi connectivity index (χ1) is 10.1. The van der Waals surface area contributed by atoms with Gasteiger partial charge in [-0.2, -0.15) is 0 Å². The zero-order valence-electron chi connectivity index (χ0n) is 13.2. The van der Waals surface area contributed by atoms with Crippen molar-refractivity contribution in [3.05, 3.63) is 29.8 Å². The van der Waals surface area contributed by atoms with Crippen LogP contribution in [0.1, 0.15) is 44.1 Å². The van der Waals surface area contributed by atoms with Gasteiger partial charge in [0.25, 0.3) is 0 Å². The lowest BCUT2D eigenvalue weighted by atomic mass is 9.51. The highest BCUT2D eigenvalue weighted by atomic mass is 35.5. The smallest absolute Gasteiger partial charge is 0.118 e. The van der Waals surface area contributed by atoms with Crippen molar-refractivity contribution in [2.75, 3.05) is 7.11 Å². The lowest BCUT2D eigenvalue weighted by Crippen LogP contribution is -3.00. The molecule has 4 aliphatic carbocycles. The number of halogens is 1. The lowest BCUT2D eigenvalue weighted by molar-refractivity contribution is -0.754. The van der Waals surface area contributed by atoms with Gasteiger partial charge in [-0.15, -0.1) is 0 Å². The molecule has 0 amide bonds. The number of aliphatic hydroxyl groups is 1. The summed E-state index contributed by atoms with van der Waals surface area (Å²) in [6.07, 6.45) is 7.09. The van der Waals surface area contributed by atoms with Crippen molar-refractivity contribution in [3.63, 3.8) is 0 Å². The fourth-order valence-corrected chi connectivity index (χ4v) is 5.62. The summed E-state index contributed by atoms with van der Waals surface area (Å²) in [5.74, 6) is 2.45. The summed E-state index contributed by atoms with van der Waals surface area (Å²) < 4.78 is 5.22. The van der Waals surface area contributed by atoms with Gasteiger partial charge in [0.2, 0.25) is 0 Å². The Morgan fingerprint density at radius 2 is 1.77 bits per heavy atom. The third-order valence-corrected chi connectivity index (χ3v) is 6.01. The Hall–Kier alpha value is -0.770. The first-order valence-corrected chi connectivity index (χ1v) is 8.28. The minimum absolute atomic E-state index is 0. The topological polar surface area (TPSA) is 46.1 Å². The van der Waals surface area contributed by atoms with Crippen LogP contribution in [0.2, 0.25) is 0 Å². The van der Waals surface area contributed by atoms with Crippen LogP contribution in [0.3, 0.4) is 0 Å². The Labute approximate surface area is 138 Å². The first kappa shape index (κ1) is 16.1. The Kier molecular flexibility index (Phi) is 4.17. The van der Waals surface area contributed by atoms with Crippen molar-refractivity contribution in [1.29, 1.82) is 0 Å². The molecular formula is C18H26ClNO2. The molecule has 0 spiro atoms. The zero-order chi connectivity index (χ0) is 14.5. The quantitative estimate of drug-likeness (QED) is 0.735. The Morgan fingerprint density at radius 3 is 2.32 bits per heavy atom. The monoisotopic (exact) mass is 323 g/mol. The molecule has 0 aromatic heterocycles. The molecule has 4 heteroatoms. The molecule has 1 aromatic rings. The van der Waals surface area contributed by atoms with E-state index >= 15 is 0 Å². The van der Waals surface area contributed by atoms with Gasteiger partial charge >= 0.3 is 0 Å². The van der Waals surface area contributed by atoms with Crippen molar-refractivity contribution >= 4 is 0 Å². The minimum Gasteiger partial charge on any atom is -1.00 e. The molecule has 22 heavy (non-hydrogen) atoms. The summed E-state index contributed by atoms with van der Waals surface area (Å²) in [7, 11) is 1.71. The van der Waals surface area contributed by atoms with Crippen LogP contribution in [0.15, 0.2) is 24.3 Å². The molecule has 5 rings (SSSR count). The van der Waals surface area contributed by atoms with Gasteiger partial charge in [-0.05, 0) is 55.4 Å². The predicted molar refractivity (Wildman–Crippen MR) is 81.0 cm³/mol. The van der Waals surface area contributed by atoms with Gasteiger partial charge < -0.3 is 27.6 Å². The van der Waals surface area contributed by atoms with Gasteiger partial charge in [-0.1, -0.05) is 0 Å². The van der Waals surface area contributed by atoms with E-state index in [0.29, 0.717) is 5.54 Å². The van der Waals surface area contributed by atoms with Gasteiger partial charge in [-0.3, -0.25) is 0 Å². The maximum absolute atomic E-state index is 10.8. The molecule has 4 saturated carbocycles. The largest absolute Gasteiger partial charge is 1.00 e. The second-order valence-corrected chi connectivity index (χ2v) is 7.80. The van der Waals surface area contributed by atoms with Crippen LogP contribution in [0.5, 0.6) is 5.75 Å². The molecular weight excluding hydrogens is 298 g/mol. The highest BCUT2D eigenvalue weighted by molar-refractivity contribution is 5.26. The van der Waals surface area contributed by atoms with E-state index in [4.69, 9.17) is 4.74 Å². The Morgan fingerprint density at radius 1 is 1.14 bits per heavy atom. The van der Waals surface area contributed by atoms with Crippen LogP contribution in [0, 0.1) is 11.8 Å². The zero-order valence-corrected chi connectivity index (χ0v) is 14.0. The normalized spacial score (nSPS) is 38.6. The first-order valence-electron chi connectivity index (χ1n) is 8.28. The maximum atomic E-state index is 10.8. The number of rotatable bonds is 4. The van der Waals surface area contributed by atoms with E-state index in [2.05, 4.69) is 17.4 Å².